The zero-order chi connectivity index (χ0) is 17.1. The van der Waals surface area contributed by atoms with Crippen molar-refractivity contribution in [1.82, 2.24) is 19.6 Å². The molecule has 130 valence electrons. The summed E-state index contributed by atoms with van der Waals surface area (Å²) >= 11 is 1.80. The molecule has 1 aliphatic rings. The van der Waals surface area contributed by atoms with Crippen LogP contribution in [-0.2, 0) is 11.3 Å². The average molecular weight is 347 g/mol. The SMILES string of the molecule is Cc1cc(C)n([C@H](C)C(=O)N2CCCN(Cc3cccs3)CC2)n1. The molecular formula is C18H26N4OS. The minimum absolute atomic E-state index is 0.180. The third-order valence-corrected chi connectivity index (χ3v) is 5.49. The van der Waals surface area contributed by atoms with Crippen LogP contribution in [0.2, 0.25) is 0 Å². The molecule has 1 saturated heterocycles. The van der Waals surface area contributed by atoms with E-state index in [0.717, 1.165) is 50.5 Å². The number of rotatable bonds is 4. The summed E-state index contributed by atoms with van der Waals surface area (Å²) in [5.74, 6) is 0.180. The van der Waals surface area contributed by atoms with Crippen LogP contribution < -0.4 is 0 Å². The zero-order valence-electron chi connectivity index (χ0n) is 14.7. The van der Waals surface area contributed by atoms with Gasteiger partial charge in [0.15, 0.2) is 0 Å². The lowest BCUT2D eigenvalue weighted by molar-refractivity contribution is -0.134. The van der Waals surface area contributed by atoms with E-state index in [-0.39, 0.29) is 11.9 Å². The highest BCUT2D eigenvalue weighted by atomic mass is 32.1. The number of hydrogen-bond donors (Lipinski definition) is 0. The molecule has 0 aromatic carbocycles. The standard InChI is InChI=1S/C18H26N4OS/c1-14-12-15(2)22(19-14)16(3)18(23)21-8-5-7-20(9-10-21)13-17-6-4-11-24-17/h4,6,11-12,16H,5,7-10,13H2,1-3H3/t16-/m1/s1. The number of carbonyl (C=O) groups excluding carboxylic acids is 1. The predicted molar refractivity (Wildman–Crippen MR) is 97.2 cm³/mol. The molecule has 0 radical (unpaired) electrons. The van der Waals surface area contributed by atoms with E-state index in [1.54, 1.807) is 11.3 Å². The van der Waals surface area contributed by atoms with Crippen molar-refractivity contribution in [3.8, 4) is 0 Å². The van der Waals surface area contributed by atoms with Crippen LogP contribution in [-0.4, -0.2) is 51.7 Å². The van der Waals surface area contributed by atoms with Crippen LogP contribution in [0.5, 0.6) is 0 Å². The van der Waals surface area contributed by atoms with Crippen LogP contribution in [0.25, 0.3) is 0 Å². The van der Waals surface area contributed by atoms with Gasteiger partial charge < -0.3 is 4.90 Å². The Bertz CT molecular complexity index is 679. The molecule has 3 rings (SSSR count). The van der Waals surface area contributed by atoms with Crippen LogP contribution in [0.1, 0.15) is 35.7 Å². The van der Waals surface area contributed by atoms with E-state index in [4.69, 9.17) is 0 Å². The van der Waals surface area contributed by atoms with Gasteiger partial charge in [0.1, 0.15) is 6.04 Å². The number of aromatic nitrogens is 2. The van der Waals surface area contributed by atoms with Crippen LogP contribution >= 0.6 is 11.3 Å². The van der Waals surface area contributed by atoms with E-state index >= 15 is 0 Å². The molecule has 2 aromatic rings. The summed E-state index contributed by atoms with van der Waals surface area (Å²) in [6, 6.07) is 6.07. The van der Waals surface area contributed by atoms with Gasteiger partial charge >= 0.3 is 0 Å². The van der Waals surface area contributed by atoms with Gasteiger partial charge in [-0.3, -0.25) is 14.4 Å². The topological polar surface area (TPSA) is 41.4 Å². The first kappa shape index (κ1) is 17.2. The highest BCUT2D eigenvalue weighted by Gasteiger charge is 2.25. The number of nitrogens with zero attached hydrogens (tertiary/aromatic N) is 4. The van der Waals surface area contributed by atoms with Crippen molar-refractivity contribution in [3.05, 3.63) is 39.8 Å². The molecule has 2 aromatic heterocycles. The van der Waals surface area contributed by atoms with Crippen molar-refractivity contribution in [3.63, 3.8) is 0 Å². The Morgan fingerprint density at radius 3 is 2.79 bits per heavy atom. The zero-order valence-corrected chi connectivity index (χ0v) is 15.6. The fourth-order valence-electron chi connectivity index (χ4n) is 3.38. The van der Waals surface area contributed by atoms with Crippen molar-refractivity contribution < 1.29 is 4.79 Å². The van der Waals surface area contributed by atoms with Gasteiger partial charge in [-0.2, -0.15) is 5.10 Å². The van der Waals surface area contributed by atoms with E-state index < -0.39 is 0 Å². The van der Waals surface area contributed by atoms with E-state index in [1.807, 2.05) is 36.4 Å². The maximum atomic E-state index is 12.9. The number of thiophene rings is 1. The Kier molecular flexibility index (Phi) is 5.36. The van der Waals surface area contributed by atoms with Gasteiger partial charge in [-0.1, -0.05) is 6.07 Å². The first-order chi connectivity index (χ1) is 11.5. The Balaban J connectivity index is 1.60. The Morgan fingerprint density at radius 2 is 2.12 bits per heavy atom. The summed E-state index contributed by atoms with van der Waals surface area (Å²) < 4.78 is 1.85. The lowest BCUT2D eigenvalue weighted by Crippen LogP contribution is -2.39. The summed E-state index contributed by atoms with van der Waals surface area (Å²) in [4.78, 5) is 18.7. The smallest absolute Gasteiger partial charge is 0.247 e. The van der Waals surface area contributed by atoms with Gasteiger partial charge in [0.25, 0.3) is 0 Å². The second-order valence-electron chi connectivity index (χ2n) is 6.58. The van der Waals surface area contributed by atoms with Crippen molar-refractivity contribution in [2.24, 2.45) is 0 Å². The second kappa shape index (κ2) is 7.49. The molecule has 6 heteroatoms. The Morgan fingerprint density at radius 1 is 1.29 bits per heavy atom. The van der Waals surface area contributed by atoms with Crippen LogP contribution in [0.4, 0.5) is 0 Å². The van der Waals surface area contributed by atoms with Gasteiger partial charge in [0.2, 0.25) is 5.91 Å². The molecular weight excluding hydrogens is 320 g/mol. The number of hydrogen-bond acceptors (Lipinski definition) is 4. The largest absolute Gasteiger partial charge is 0.340 e. The summed E-state index contributed by atoms with van der Waals surface area (Å²) in [7, 11) is 0. The van der Waals surface area contributed by atoms with E-state index in [1.165, 1.54) is 4.88 Å². The molecule has 0 bridgehead atoms. The average Bonchev–Trinajstić information content (AvgIpc) is 3.10. The molecule has 0 aliphatic carbocycles. The highest BCUT2D eigenvalue weighted by molar-refractivity contribution is 7.09. The maximum absolute atomic E-state index is 12.9. The first-order valence-corrected chi connectivity index (χ1v) is 9.49. The maximum Gasteiger partial charge on any atom is 0.247 e. The lowest BCUT2D eigenvalue weighted by atomic mass is 10.2. The van der Waals surface area contributed by atoms with Crippen molar-refractivity contribution in [2.45, 2.75) is 39.8 Å². The quantitative estimate of drug-likeness (QED) is 0.855. The Labute approximate surface area is 147 Å². The molecule has 1 fully saturated rings. The van der Waals surface area contributed by atoms with E-state index in [0.29, 0.717) is 0 Å². The van der Waals surface area contributed by atoms with Gasteiger partial charge in [-0.05, 0) is 44.7 Å². The Hall–Kier alpha value is -1.66. The summed E-state index contributed by atoms with van der Waals surface area (Å²) in [6.45, 7) is 10.5. The second-order valence-corrected chi connectivity index (χ2v) is 7.61. The number of amides is 1. The molecule has 1 amide bonds. The summed E-state index contributed by atoms with van der Waals surface area (Å²) in [6.07, 6.45) is 1.03. The molecule has 0 saturated carbocycles. The van der Waals surface area contributed by atoms with Crippen molar-refractivity contribution >= 4 is 17.2 Å². The number of aryl methyl sites for hydroxylation is 2. The monoisotopic (exact) mass is 346 g/mol. The molecule has 1 atom stereocenters. The van der Waals surface area contributed by atoms with Gasteiger partial charge in [0.05, 0.1) is 5.69 Å². The lowest BCUT2D eigenvalue weighted by Gasteiger charge is -2.25. The van der Waals surface area contributed by atoms with E-state index in [9.17, 15) is 4.79 Å². The molecule has 0 N–H and O–H groups in total. The molecule has 3 heterocycles. The predicted octanol–water partition coefficient (Wildman–Crippen LogP) is 2.86. The van der Waals surface area contributed by atoms with Crippen molar-refractivity contribution in [1.29, 1.82) is 0 Å². The van der Waals surface area contributed by atoms with Gasteiger partial charge in [-0.25, -0.2) is 0 Å². The van der Waals surface area contributed by atoms with Gasteiger partial charge in [-0.15, -0.1) is 11.3 Å². The minimum atomic E-state index is -0.234. The minimum Gasteiger partial charge on any atom is -0.340 e. The molecule has 0 spiro atoms. The fourth-order valence-corrected chi connectivity index (χ4v) is 4.13. The summed E-state index contributed by atoms with van der Waals surface area (Å²) in [5, 5.41) is 6.60. The van der Waals surface area contributed by atoms with Crippen LogP contribution in [0.3, 0.4) is 0 Å². The molecule has 0 unspecified atom stereocenters. The normalized spacial score (nSPS) is 17.7. The fraction of sp³-hybridized carbons (Fsp3) is 0.556. The van der Waals surface area contributed by atoms with Crippen LogP contribution in [0, 0.1) is 13.8 Å². The molecule has 5 nitrogen and oxygen atoms in total. The van der Waals surface area contributed by atoms with Crippen LogP contribution in [0.15, 0.2) is 23.6 Å². The highest BCUT2D eigenvalue weighted by Crippen LogP contribution is 2.17. The molecule has 1 aliphatic heterocycles. The van der Waals surface area contributed by atoms with Crippen molar-refractivity contribution in [2.75, 3.05) is 26.2 Å². The third kappa shape index (κ3) is 3.87. The third-order valence-electron chi connectivity index (χ3n) is 4.63. The van der Waals surface area contributed by atoms with Gasteiger partial charge in [0, 0.05) is 43.3 Å². The first-order valence-electron chi connectivity index (χ1n) is 8.61. The molecule has 24 heavy (non-hydrogen) atoms. The number of carbonyl (C=O) groups is 1. The summed E-state index contributed by atoms with van der Waals surface area (Å²) in [5.41, 5.74) is 2.01. The van der Waals surface area contributed by atoms with E-state index in [2.05, 4.69) is 27.5 Å².